The van der Waals surface area contributed by atoms with Crippen LogP contribution in [0.15, 0.2) is 18.2 Å². The van der Waals surface area contributed by atoms with Crippen molar-refractivity contribution >= 4 is 0 Å². The van der Waals surface area contributed by atoms with Crippen molar-refractivity contribution in [3.63, 3.8) is 0 Å². The Balaban J connectivity index is 1.52. The smallest absolute Gasteiger partial charge is 0.160 e. The monoisotopic (exact) mass is 308 g/mol. The van der Waals surface area contributed by atoms with E-state index in [9.17, 15) is 0 Å². The zero-order chi connectivity index (χ0) is 15.8. The van der Waals surface area contributed by atoms with Gasteiger partial charge in [-0.3, -0.25) is 0 Å². The van der Waals surface area contributed by atoms with Crippen LogP contribution in [0.25, 0.3) is 0 Å². The molecule has 1 aromatic carbocycles. The van der Waals surface area contributed by atoms with Crippen LogP contribution in [0.1, 0.15) is 49.7 Å². The maximum Gasteiger partial charge on any atom is 0.160 e. The molecule has 23 heavy (non-hydrogen) atoms. The van der Waals surface area contributed by atoms with Crippen molar-refractivity contribution < 1.29 is 9.47 Å². The van der Waals surface area contributed by atoms with Crippen molar-refractivity contribution in [2.75, 3.05) is 7.11 Å². The molecule has 0 radical (unpaired) electrons. The Bertz CT molecular complexity index is 717. The summed E-state index contributed by atoms with van der Waals surface area (Å²) in [6.07, 6.45) is 12.3. The predicted octanol–water partition coefficient (Wildman–Crippen LogP) is 3.93. The highest BCUT2D eigenvalue weighted by Gasteiger charge is 2.76. The third-order valence-electron chi connectivity index (χ3n) is 7.58. The largest absolute Gasteiger partial charge is 0.497 e. The van der Waals surface area contributed by atoms with Crippen LogP contribution in [0.5, 0.6) is 5.75 Å². The topological polar surface area (TPSA) is 21.8 Å². The lowest BCUT2D eigenvalue weighted by molar-refractivity contribution is -0.0152. The first-order valence-corrected chi connectivity index (χ1v) is 8.95. The van der Waals surface area contributed by atoms with E-state index in [0.29, 0.717) is 12.0 Å². The van der Waals surface area contributed by atoms with Gasteiger partial charge < -0.3 is 9.47 Å². The highest BCUT2D eigenvalue weighted by atomic mass is 16.6. The molecule has 0 amide bonds. The van der Waals surface area contributed by atoms with Gasteiger partial charge in [0.15, 0.2) is 5.60 Å². The molecule has 2 heteroatoms. The van der Waals surface area contributed by atoms with E-state index in [0.717, 1.165) is 17.6 Å². The Morgan fingerprint density at radius 1 is 1.35 bits per heavy atom. The minimum absolute atomic E-state index is 0.192. The molecule has 0 bridgehead atoms. The van der Waals surface area contributed by atoms with Gasteiger partial charge in [0.05, 0.1) is 7.11 Å². The molecule has 3 aliphatic carbocycles. The van der Waals surface area contributed by atoms with Crippen LogP contribution in [0.3, 0.4) is 0 Å². The summed E-state index contributed by atoms with van der Waals surface area (Å²) in [6, 6.07) is 6.70. The van der Waals surface area contributed by atoms with Crippen LogP contribution < -0.4 is 4.74 Å². The Labute approximate surface area is 138 Å². The summed E-state index contributed by atoms with van der Waals surface area (Å²) in [5.41, 5.74) is 3.03. The van der Waals surface area contributed by atoms with Crippen LogP contribution in [0.2, 0.25) is 0 Å². The number of aryl methyl sites for hydroxylation is 1. The van der Waals surface area contributed by atoms with Crippen molar-refractivity contribution in [3.8, 4) is 18.1 Å². The molecule has 0 unspecified atom stereocenters. The van der Waals surface area contributed by atoms with Crippen LogP contribution in [0, 0.1) is 29.6 Å². The van der Waals surface area contributed by atoms with E-state index < -0.39 is 0 Å². The third-order valence-corrected chi connectivity index (χ3v) is 7.58. The van der Waals surface area contributed by atoms with Crippen LogP contribution >= 0.6 is 0 Å². The van der Waals surface area contributed by atoms with Crippen LogP contribution in [-0.2, 0) is 11.2 Å². The van der Waals surface area contributed by atoms with E-state index in [1.54, 1.807) is 12.7 Å². The molecule has 5 rings (SSSR count). The summed E-state index contributed by atoms with van der Waals surface area (Å²) in [7, 11) is 1.75. The first-order valence-electron chi connectivity index (χ1n) is 8.95. The van der Waals surface area contributed by atoms with Gasteiger partial charge in [-0.15, -0.1) is 6.42 Å². The zero-order valence-electron chi connectivity index (χ0n) is 14.0. The van der Waals surface area contributed by atoms with Gasteiger partial charge >= 0.3 is 0 Å². The summed E-state index contributed by atoms with van der Waals surface area (Å²) in [6.45, 7) is 2.41. The first-order chi connectivity index (χ1) is 11.1. The molecule has 6 atom stereocenters. The number of ether oxygens (including phenoxy) is 2. The number of methoxy groups -OCH3 is 1. The molecular weight excluding hydrogens is 284 g/mol. The van der Waals surface area contributed by atoms with Crippen molar-refractivity contribution in [3.05, 3.63) is 29.3 Å². The summed E-state index contributed by atoms with van der Waals surface area (Å²) in [5, 5.41) is 0. The lowest BCUT2D eigenvalue weighted by Gasteiger charge is -2.51. The van der Waals surface area contributed by atoms with Gasteiger partial charge in [0.2, 0.25) is 0 Å². The second-order valence-electron chi connectivity index (χ2n) is 8.16. The van der Waals surface area contributed by atoms with Crippen molar-refractivity contribution in [1.82, 2.24) is 0 Å². The van der Waals surface area contributed by atoms with Gasteiger partial charge in [-0.25, -0.2) is 0 Å². The van der Waals surface area contributed by atoms with Crippen molar-refractivity contribution in [2.24, 2.45) is 17.3 Å². The number of epoxide rings is 1. The average molecular weight is 308 g/mol. The fourth-order valence-electron chi connectivity index (χ4n) is 6.33. The zero-order valence-corrected chi connectivity index (χ0v) is 14.0. The first kappa shape index (κ1) is 13.9. The average Bonchev–Trinajstić information content (AvgIpc) is 3.25. The van der Waals surface area contributed by atoms with Gasteiger partial charge in [0, 0.05) is 5.41 Å². The van der Waals surface area contributed by atoms with Gasteiger partial charge in [-0.1, -0.05) is 18.9 Å². The number of fused-ring (bicyclic) bond motifs is 7. The molecule has 0 spiro atoms. The number of hydrogen-bond donors (Lipinski definition) is 0. The predicted molar refractivity (Wildman–Crippen MR) is 89.4 cm³/mol. The van der Waals surface area contributed by atoms with E-state index in [1.165, 1.54) is 37.7 Å². The molecule has 3 fully saturated rings. The molecule has 0 N–H and O–H groups in total. The fraction of sp³-hybridized carbons (Fsp3) is 0.619. The molecule has 0 aromatic heterocycles. The minimum atomic E-state index is -0.233. The van der Waals surface area contributed by atoms with Gasteiger partial charge in [-0.2, -0.15) is 0 Å². The molecule has 1 aromatic rings. The quantitative estimate of drug-likeness (QED) is 0.579. The lowest BCUT2D eigenvalue weighted by atomic mass is 9.53. The maximum atomic E-state index is 5.99. The third kappa shape index (κ3) is 1.55. The van der Waals surface area contributed by atoms with E-state index in [-0.39, 0.29) is 11.0 Å². The highest BCUT2D eigenvalue weighted by molar-refractivity contribution is 5.42. The summed E-state index contributed by atoms with van der Waals surface area (Å²) in [4.78, 5) is 0. The molecule has 120 valence electrons. The maximum absolute atomic E-state index is 5.99. The standard InChI is InChI=1S/C21H24O2/c1-4-21-19(23-21)12-18-17-7-5-13-11-14(22-3)6-8-15(13)16(17)9-10-20(18,21)2/h1,6,8,11,16-19H,5,7,9-10,12H2,2-3H3/t16-,17-,18+,19-,20+,21-/m1/s1. The van der Waals surface area contributed by atoms with E-state index >= 15 is 0 Å². The number of hydrogen-bond acceptors (Lipinski definition) is 2. The molecule has 1 heterocycles. The highest BCUT2D eigenvalue weighted by Crippen LogP contribution is 2.71. The molecule has 2 saturated carbocycles. The SMILES string of the molecule is C#C[C@@]12O[C@@H]1C[C@H]1[C@@H]3CCc4cc(OC)ccc4[C@H]3CC[C@@]12C. The molecule has 1 aliphatic heterocycles. The molecular formula is C21H24O2. The molecule has 1 saturated heterocycles. The summed E-state index contributed by atoms with van der Waals surface area (Å²) >= 11 is 0. The van der Waals surface area contributed by atoms with Gasteiger partial charge in [0.25, 0.3) is 0 Å². The summed E-state index contributed by atoms with van der Waals surface area (Å²) < 4.78 is 11.4. The Morgan fingerprint density at radius 3 is 3.00 bits per heavy atom. The second-order valence-corrected chi connectivity index (χ2v) is 8.16. The lowest BCUT2D eigenvalue weighted by Crippen LogP contribution is -2.46. The Kier molecular flexibility index (Phi) is 2.63. The number of rotatable bonds is 1. The Hall–Kier alpha value is -1.46. The molecule has 2 nitrogen and oxygen atoms in total. The van der Waals surface area contributed by atoms with E-state index in [2.05, 4.69) is 31.0 Å². The minimum Gasteiger partial charge on any atom is -0.497 e. The van der Waals surface area contributed by atoms with E-state index in [1.807, 2.05) is 0 Å². The number of terminal acetylenes is 1. The fourth-order valence-corrected chi connectivity index (χ4v) is 6.33. The van der Waals surface area contributed by atoms with Crippen molar-refractivity contribution in [2.45, 2.75) is 56.7 Å². The molecule has 4 aliphatic rings. The number of benzene rings is 1. The normalized spacial score (nSPS) is 46.0. The Morgan fingerprint density at radius 2 is 2.22 bits per heavy atom. The van der Waals surface area contributed by atoms with Crippen LogP contribution in [-0.4, -0.2) is 18.8 Å². The second kappa shape index (κ2) is 4.33. The van der Waals surface area contributed by atoms with E-state index in [4.69, 9.17) is 15.9 Å². The summed E-state index contributed by atoms with van der Waals surface area (Å²) in [5.74, 6) is 6.24. The van der Waals surface area contributed by atoms with Crippen molar-refractivity contribution in [1.29, 1.82) is 0 Å². The van der Waals surface area contributed by atoms with Crippen LogP contribution in [0.4, 0.5) is 0 Å². The van der Waals surface area contributed by atoms with Gasteiger partial charge in [-0.05, 0) is 73.1 Å². The van der Waals surface area contributed by atoms with Gasteiger partial charge in [0.1, 0.15) is 11.9 Å².